The molecule has 0 saturated heterocycles. The molecule has 132 valence electrons. The van der Waals surface area contributed by atoms with Crippen molar-refractivity contribution in [2.45, 2.75) is 93.9 Å². The van der Waals surface area contributed by atoms with Crippen LogP contribution in [0.15, 0.2) is 0 Å². The third kappa shape index (κ3) is 5.00. The largest absolute Gasteiger partial charge is 0.0654 e. The molecule has 0 nitrogen and oxygen atoms in total. The lowest BCUT2D eigenvalue weighted by Crippen LogP contribution is -2.32. The summed E-state index contributed by atoms with van der Waals surface area (Å²) in [5, 5.41) is 0. The standard InChI is InChI=1S/C22H44/c1-9-11-17(6)22(15(3)4)21(10-2)18(7)14-20-13-12-16(5)19(20)8/h15-22H,9-14H2,1-8H3. The Balaban J connectivity index is 2.74. The van der Waals surface area contributed by atoms with Gasteiger partial charge in [0.25, 0.3) is 0 Å². The smallest absolute Gasteiger partial charge is 0.0334 e. The van der Waals surface area contributed by atoms with Gasteiger partial charge in [0, 0.05) is 0 Å². The molecule has 0 heteroatoms. The molecular formula is C22H44. The molecule has 0 aliphatic heterocycles. The quantitative estimate of drug-likeness (QED) is 0.415. The first kappa shape index (κ1) is 20.0. The van der Waals surface area contributed by atoms with Gasteiger partial charge in [-0.1, -0.05) is 81.1 Å². The van der Waals surface area contributed by atoms with Crippen LogP contribution in [0.25, 0.3) is 0 Å². The van der Waals surface area contributed by atoms with Crippen LogP contribution in [-0.2, 0) is 0 Å². The Hall–Kier alpha value is 0. The van der Waals surface area contributed by atoms with Crippen molar-refractivity contribution in [2.24, 2.45) is 47.3 Å². The average Bonchev–Trinajstić information content (AvgIpc) is 2.76. The molecule has 22 heavy (non-hydrogen) atoms. The van der Waals surface area contributed by atoms with Gasteiger partial charge >= 0.3 is 0 Å². The van der Waals surface area contributed by atoms with Crippen molar-refractivity contribution in [3.63, 3.8) is 0 Å². The number of hydrogen-bond donors (Lipinski definition) is 0. The third-order valence-corrected chi connectivity index (χ3v) is 7.18. The summed E-state index contributed by atoms with van der Waals surface area (Å²) in [6, 6.07) is 0. The Morgan fingerprint density at radius 3 is 1.95 bits per heavy atom. The first-order chi connectivity index (χ1) is 10.3. The molecule has 7 atom stereocenters. The SMILES string of the molecule is CCCC(C)C(C(C)C)C(CC)C(C)CC1CCC(C)C1C. The molecule has 1 fully saturated rings. The molecule has 0 heterocycles. The molecule has 1 rings (SSSR count). The Labute approximate surface area is 141 Å². The highest BCUT2D eigenvalue weighted by Gasteiger charge is 2.35. The van der Waals surface area contributed by atoms with Crippen LogP contribution in [-0.4, -0.2) is 0 Å². The molecule has 0 N–H and O–H groups in total. The fourth-order valence-electron chi connectivity index (χ4n) is 5.73. The second-order valence-corrected chi connectivity index (χ2v) is 9.05. The summed E-state index contributed by atoms with van der Waals surface area (Å²) in [5.74, 6) is 7.34. The first-order valence-electron chi connectivity index (χ1n) is 10.3. The van der Waals surface area contributed by atoms with Crippen LogP contribution >= 0.6 is 0 Å². The van der Waals surface area contributed by atoms with E-state index in [0.29, 0.717) is 0 Å². The van der Waals surface area contributed by atoms with Gasteiger partial charge in [0.15, 0.2) is 0 Å². The first-order valence-corrected chi connectivity index (χ1v) is 10.3. The van der Waals surface area contributed by atoms with E-state index >= 15 is 0 Å². The fourth-order valence-corrected chi connectivity index (χ4v) is 5.73. The highest BCUT2D eigenvalue weighted by Crippen LogP contribution is 2.44. The van der Waals surface area contributed by atoms with E-state index in [4.69, 9.17) is 0 Å². The average molecular weight is 309 g/mol. The van der Waals surface area contributed by atoms with E-state index < -0.39 is 0 Å². The minimum atomic E-state index is 0.828. The molecule has 0 spiro atoms. The van der Waals surface area contributed by atoms with Crippen molar-refractivity contribution < 1.29 is 0 Å². The highest BCUT2D eigenvalue weighted by molar-refractivity contribution is 4.85. The van der Waals surface area contributed by atoms with Crippen LogP contribution in [0.4, 0.5) is 0 Å². The topological polar surface area (TPSA) is 0 Å². The molecular weight excluding hydrogens is 264 g/mol. The van der Waals surface area contributed by atoms with Crippen LogP contribution in [0.3, 0.4) is 0 Å². The third-order valence-electron chi connectivity index (χ3n) is 7.18. The summed E-state index contributed by atoms with van der Waals surface area (Å²) >= 11 is 0. The van der Waals surface area contributed by atoms with Gasteiger partial charge < -0.3 is 0 Å². The van der Waals surface area contributed by atoms with E-state index in [0.717, 1.165) is 47.3 Å². The van der Waals surface area contributed by atoms with Crippen molar-refractivity contribution in [1.82, 2.24) is 0 Å². The van der Waals surface area contributed by atoms with Gasteiger partial charge in [-0.15, -0.1) is 0 Å². The zero-order valence-electron chi connectivity index (χ0n) is 16.9. The van der Waals surface area contributed by atoms with Gasteiger partial charge in [0.2, 0.25) is 0 Å². The van der Waals surface area contributed by atoms with Crippen molar-refractivity contribution >= 4 is 0 Å². The number of hydrogen-bond acceptors (Lipinski definition) is 0. The summed E-state index contributed by atoms with van der Waals surface area (Å²) in [5.41, 5.74) is 0. The molecule has 0 amide bonds. The van der Waals surface area contributed by atoms with E-state index in [9.17, 15) is 0 Å². The summed E-state index contributed by atoms with van der Waals surface area (Å²) in [7, 11) is 0. The fraction of sp³-hybridized carbons (Fsp3) is 1.00. The summed E-state index contributed by atoms with van der Waals surface area (Å²) in [6.07, 6.45) is 8.55. The van der Waals surface area contributed by atoms with Crippen LogP contribution in [0.1, 0.15) is 93.9 Å². The summed E-state index contributed by atoms with van der Waals surface area (Å²) in [6.45, 7) is 19.8. The Morgan fingerprint density at radius 2 is 1.55 bits per heavy atom. The Morgan fingerprint density at radius 1 is 0.909 bits per heavy atom. The maximum atomic E-state index is 2.57. The lowest BCUT2D eigenvalue weighted by Gasteiger charge is -2.39. The van der Waals surface area contributed by atoms with Gasteiger partial charge in [-0.25, -0.2) is 0 Å². The Bertz CT molecular complexity index is 292. The summed E-state index contributed by atoms with van der Waals surface area (Å²) in [4.78, 5) is 0. The molecule has 0 aromatic carbocycles. The molecule has 1 saturated carbocycles. The second-order valence-electron chi connectivity index (χ2n) is 9.05. The van der Waals surface area contributed by atoms with Gasteiger partial charge in [-0.3, -0.25) is 0 Å². The maximum absolute atomic E-state index is 2.57. The highest BCUT2D eigenvalue weighted by atomic mass is 14.4. The maximum Gasteiger partial charge on any atom is -0.0334 e. The number of rotatable bonds is 9. The van der Waals surface area contributed by atoms with Crippen LogP contribution in [0, 0.1) is 47.3 Å². The minimum Gasteiger partial charge on any atom is -0.0654 e. The predicted octanol–water partition coefficient (Wildman–Crippen LogP) is 7.43. The van der Waals surface area contributed by atoms with Crippen LogP contribution < -0.4 is 0 Å². The van der Waals surface area contributed by atoms with Gasteiger partial charge in [0.05, 0.1) is 0 Å². The van der Waals surface area contributed by atoms with Gasteiger partial charge in [-0.05, 0) is 60.2 Å². The lowest BCUT2D eigenvalue weighted by molar-refractivity contribution is 0.0999. The molecule has 1 aliphatic carbocycles. The van der Waals surface area contributed by atoms with Gasteiger partial charge in [0.1, 0.15) is 0 Å². The van der Waals surface area contributed by atoms with Crippen molar-refractivity contribution in [3.05, 3.63) is 0 Å². The van der Waals surface area contributed by atoms with E-state index in [2.05, 4.69) is 55.4 Å². The van der Waals surface area contributed by atoms with E-state index in [1.807, 2.05) is 0 Å². The predicted molar refractivity (Wildman–Crippen MR) is 101 cm³/mol. The monoisotopic (exact) mass is 308 g/mol. The molecule has 0 aromatic heterocycles. The molecule has 0 bridgehead atoms. The second kappa shape index (κ2) is 9.33. The van der Waals surface area contributed by atoms with Crippen LogP contribution in [0.2, 0.25) is 0 Å². The normalized spacial score (nSPS) is 31.2. The lowest BCUT2D eigenvalue weighted by atomic mass is 9.66. The molecule has 0 aromatic rings. The molecule has 0 radical (unpaired) electrons. The summed E-state index contributed by atoms with van der Waals surface area (Å²) < 4.78 is 0. The zero-order valence-corrected chi connectivity index (χ0v) is 16.9. The van der Waals surface area contributed by atoms with E-state index in [-0.39, 0.29) is 0 Å². The van der Waals surface area contributed by atoms with Gasteiger partial charge in [-0.2, -0.15) is 0 Å². The zero-order chi connectivity index (χ0) is 16.9. The minimum absolute atomic E-state index is 0.828. The molecule has 1 aliphatic rings. The van der Waals surface area contributed by atoms with Crippen molar-refractivity contribution in [1.29, 1.82) is 0 Å². The van der Waals surface area contributed by atoms with E-state index in [1.165, 1.54) is 38.5 Å². The van der Waals surface area contributed by atoms with Crippen molar-refractivity contribution in [2.75, 3.05) is 0 Å². The van der Waals surface area contributed by atoms with E-state index in [1.54, 1.807) is 0 Å². The van der Waals surface area contributed by atoms with Crippen molar-refractivity contribution in [3.8, 4) is 0 Å². The molecule has 7 unspecified atom stereocenters. The van der Waals surface area contributed by atoms with Crippen LogP contribution in [0.5, 0.6) is 0 Å². The Kier molecular flexibility index (Phi) is 8.50.